The van der Waals surface area contributed by atoms with Crippen molar-refractivity contribution in [2.45, 2.75) is 20.3 Å². The van der Waals surface area contributed by atoms with Crippen LogP contribution >= 0.6 is 11.3 Å². The van der Waals surface area contributed by atoms with Gasteiger partial charge in [-0.2, -0.15) is 0 Å². The Hall–Kier alpha value is -1.09. The number of rotatable bonds is 2. The van der Waals surface area contributed by atoms with Crippen molar-refractivity contribution in [3.63, 3.8) is 0 Å². The minimum Gasteiger partial charge on any atom is -0.375 e. The zero-order chi connectivity index (χ0) is 10.1. The normalized spacial score (nSPS) is 11.4. The number of thiazole rings is 1. The minimum absolute atomic E-state index is 0.654. The van der Waals surface area contributed by atoms with E-state index in [2.05, 4.69) is 37.0 Å². The number of hydrogen-bond acceptors (Lipinski definition) is 3. The fourth-order valence-corrected chi connectivity index (χ4v) is 2.38. The van der Waals surface area contributed by atoms with Gasteiger partial charge in [-0.05, 0) is 30.0 Å². The van der Waals surface area contributed by atoms with E-state index in [0.29, 0.717) is 11.0 Å². The molecule has 0 saturated carbocycles. The van der Waals surface area contributed by atoms with Gasteiger partial charge in [-0.3, -0.25) is 0 Å². The summed E-state index contributed by atoms with van der Waals surface area (Å²) in [7, 11) is 0. The van der Waals surface area contributed by atoms with Gasteiger partial charge in [0.05, 0.1) is 10.2 Å². The highest BCUT2D eigenvalue weighted by Crippen LogP contribution is 2.25. The number of hydrogen-bond donors (Lipinski definition) is 1. The first-order valence-electron chi connectivity index (χ1n) is 4.80. The van der Waals surface area contributed by atoms with Gasteiger partial charge in [0, 0.05) is 0 Å². The Morgan fingerprint density at radius 2 is 2.21 bits per heavy atom. The van der Waals surface area contributed by atoms with E-state index < -0.39 is 0 Å². The van der Waals surface area contributed by atoms with Crippen molar-refractivity contribution >= 4 is 26.7 Å². The van der Waals surface area contributed by atoms with E-state index in [1.807, 2.05) is 0 Å². The Kier molecular flexibility index (Phi) is 2.42. The molecule has 1 aromatic heterocycles. The molecular formula is C11H14N2S. The molecule has 0 radical (unpaired) electrons. The predicted molar refractivity (Wildman–Crippen MR) is 62.6 cm³/mol. The molecule has 3 heteroatoms. The highest BCUT2D eigenvalue weighted by Gasteiger charge is 2.03. The number of nitrogen functional groups attached to an aromatic ring is 1. The quantitative estimate of drug-likeness (QED) is 0.820. The summed E-state index contributed by atoms with van der Waals surface area (Å²) in [5, 5.41) is 0.654. The van der Waals surface area contributed by atoms with E-state index >= 15 is 0 Å². The molecule has 1 aromatic carbocycles. The summed E-state index contributed by atoms with van der Waals surface area (Å²) in [4.78, 5) is 4.23. The zero-order valence-electron chi connectivity index (χ0n) is 8.45. The molecule has 0 aliphatic heterocycles. The zero-order valence-corrected chi connectivity index (χ0v) is 9.27. The number of fused-ring (bicyclic) bond motifs is 1. The van der Waals surface area contributed by atoms with E-state index in [1.165, 1.54) is 10.3 Å². The van der Waals surface area contributed by atoms with Gasteiger partial charge >= 0.3 is 0 Å². The average molecular weight is 206 g/mol. The van der Waals surface area contributed by atoms with E-state index in [1.54, 1.807) is 11.3 Å². The van der Waals surface area contributed by atoms with Crippen molar-refractivity contribution in [3.8, 4) is 0 Å². The van der Waals surface area contributed by atoms with Gasteiger partial charge in [-0.25, -0.2) is 4.98 Å². The van der Waals surface area contributed by atoms with Gasteiger partial charge in [0.2, 0.25) is 0 Å². The predicted octanol–water partition coefficient (Wildman–Crippen LogP) is 3.08. The first-order chi connectivity index (χ1) is 6.65. The van der Waals surface area contributed by atoms with Crippen LogP contribution in [0.1, 0.15) is 19.4 Å². The second-order valence-electron chi connectivity index (χ2n) is 3.95. The highest BCUT2D eigenvalue weighted by atomic mass is 32.1. The second-order valence-corrected chi connectivity index (χ2v) is 5.01. The summed E-state index contributed by atoms with van der Waals surface area (Å²) in [6.07, 6.45) is 1.12. The van der Waals surface area contributed by atoms with Gasteiger partial charge < -0.3 is 5.73 Å². The third-order valence-corrected chi connectivity index (χ3v) is 2.96. The lowest BCUT2D eigenvalue weighted by Gasteiger charge is -2.03. The fraction of sp³-hybridized carbons (Fsp3) is 0.364. The molecule has 74 valence electrons. The summed E-state index contributed by atoms with van der Waals surface area (Å²) >= 11 is 1.56. The Bertz CT molecular complexity index is 445. The third-order valence-electron chi connectivity index (χ3n) is 2.11. The van der Waals surface area contributed by atoms with E-state index in [-0.39, 0.29) is 0 Å². The van der Waals surface area contributed by atoms with Crippen molar-refractivity contribution < 1.29 is 0 Å². The molecule has 0 aliphatic carbocycles. The molecule has 0 fully saturated rings. The van der Waals surface area contributed by atoms with Crippen molar-refractivity contribution in [1.29, 1.82) is 0 Å². The monoisotopic (exact) mass is 206 g/mol. The van der Waals surface area contributed by atoms with Crippen LogP contribution in [0.25, 0.3) is 10.2 Å². The molecular weight excluding hydrogens is 192 g/mol. The largest absolute Gasteiger partial charge is 0.375 e. The Balaban J connectivity index is 2.40. The molecule has 0 bridgehead atoms. The molecule has 0 aliphatic rings. The lowest BCUT2D eigenvalue weighted by molar-refractivity contribution is 0.648. The fourth-order valence-electron chi connectivity index (χ4n) is 1.59. The molecule has 1 heterocycles. The molecule has 0 atom stereocenters. The molecule has 0 unspecified atom stereocenters. The maximum atomic E-state index is 5.65. The van der Waals surface area contributed by atoms with Gasteiger partial charge in [-0.1, -0.05) is 31.3 Å². The van der Waals surface area contributed by atoms with Crippen molar-refractivity contribution in [1.82, 2.24) is 4.98 Å². The molecule has 0 amide bonds. The summed E-state index contributed by atoms with van der Waals surface area (Å²) in [5.74, 6) is 0.692. The lowest BCUT2D eigenvalue weighted by Crippen LogP contribution is -1.92. The van der Waals surface area contributed by atoms with Crippen LogP contribution < -0.4 is 5.73 Å². The van der Waals surface area contributed by atoms with E-state index in [4.69, 9.17) is 5.73 Å². The summed E-state index contributed by atoms with van der Waals surface area (Å²) in [6.45, 7) is 4.45. The van der Waals surface area contributed by atoms with Gasteiger partial charge in [-0.15, -0.1) is 0 Å². The van der Waals surface area contributed by atoms with Crippen molar-refractivity contribution in [2.24, 2.45) is 5.92 Å². The minimum atomic E-state index is 0.654. The topological polar surface area (TPSA) is 38.9 Å². The van der Waals surface area contributed by atoms with Crippen LogP contribution in [0, 0.1) is 5.92 Å². The second kappa shape index (κ2) is 3.58. The number of benzene rings is 1. The molecule has 0 spiro atoms. The maximum Gasteiger partial charge on any atom is 0.181 e. The number of nitrogens with zero attached hydrogens (tertiary/aromatic N) is 1. The summed E-state index contributed by atoms with van der Waals surface area (Å²) in [5.41, 5.74) is 8.03. The Morgan fingerprint density at radius 1 is 1.43 bits per heavy atom. The summed E-state index contributed by atoms with van der Waals surface area (Å²) in [6, 6.07) is 6.39. The van der Waals surface area contributed by atoms with Crippen LogP contribution in [0.15, 0.2) is 18.2 Å². The van der Waals surface area contributed by atoms with Crippen molar-refractivity contribution in [3.05, 3.63) is 23.8 Å². The lowest BCUT2D eigenvalue weighted by atomic mass is 10.0. The first-order valence-corrected chi connectivity index (χ1v) is 5.62. The summed E-state index contributed by atoms with van der Waals surface area (Å²) < 4.78 is 1.20. The van der Waals surface area contributed by atoms with Crippen LogP contribution in [-0.4, -0.2) is 4.98 Å². The SMILES string of the molecule is CC(C)Cc1ccc2nc(N)sc2c1. The molecule has 2 aromatic rings. The number of nitrogens with two attached hydrogens (primary N) is 1. The number of anilines is 1. The smallest absolute Gasteiger partial charge is 0.181 e. The number of aromatic nitrogens is 1. The highest BCUT2D eigenvalue weighted by molar-refractivity contribution is 7.22. The maximum absolute atomic E-state index is 5.65. The average Bonchev–Trinajstić information content (AvgIpc) is 2.42. The molecule has 2 nitrogen and oxygen atoms in total. The van der Waals surface area contributed by atoms with Crippen LogP contribution in [-0.2, 0) is 6.42 Å². The molecule has 0 saturated heterocycles. The van der Waals surface area contributed by atoms with E-state index in [9.17, 15) is 0 Å². The van der Waals surface area contributed by atoms with Crippen LogP contribution in [0.4, 0.5) is 5.13 Å². The van der Waals surface area contributed by atoms with Gasteiger partial charge in [0.25, 0.3) is 0 Å². The van der Waals surface area contributed by atoms with Gasteiger partial charge in [0.1, 0.15) is 0 Å². The molecule has 14 heavy (non-hydrogen) atoms. The van der Waals surface area contributed by atoms with Crippen LogP contribution in [0.3, 0.4) is 0 Å². The first kappa shape index (κ1) is 9.46. The van der Waals surface area contributed by atoms with E-state index in [0.717, 1.165) is 11.9 Å². The standard InChI is InChI=1S/C11H14N2S/c1-7(2)5-8-3-4-9-10(6-8)14-11(12)13-9/h3-4,6-7H,5H2,1-2H3,(H2,12,13). The Labute approximate surface area is 87.8 Å². The third kappa shape index (κ3) is 1.87. The Morgan fingerprint density at radius 3 is 2.93 bits per heavy atom. The van der Waals surface area contributed by atoms with Crippen LogP contribution in [0.5, 0.6) is 0 Å². The van der Waals surface area contributed by atoms with Crippen LogP contribution in [0.2, 0.25) is 0 Å². The van der Waals surface area contributed by atoms with Gasteiger partial charge in [0.15, 0.2) is 5.13 Å². The molecule has 2 N–H and O–H groups in total. The van der Waals surface area contributed by atoms with Crippen molar-refractivity contribution in [2.75, 3.05) is 5.73 Å². The molecule has 2 rings (SSSR count).